The van der Waals surface area contributed by atoms with Crippen LogP contribution in [0, 0.1) is 5.92 Å². The van der Waals surface area contributed by atoms with Crippen molar-refractivity contribution in [1.82, 2.24) is 0 Å². The Labute approximate surface area is 91.4 Å². The molecule has 2 nitrogen and oxygen atoms in total. The molecule has 0 heterocycles. The second kappa shape index (κ2) is 4.56. The summed E-state index contributed by atoms with van der Waals surface area (Å²) in [6.07, 6.45) is 5.31. The highest BCUT2D eigenvalue weighted by Gasteiger charge is 2.19. The number of nitrogen functional groups attached to an aromatic ring is 1. The minimum atomic E-state index is 0.392. The van der Waals surface area contributed by atoms with Gasteiger partial charge in [0.15, 0.2) is 0 Å². The molecule has 0 unspecified atom stereocenters. The molecule has 82 valence electrons. The molecule has 2 N–H and O–H groups in total. The van der Waals surface area contributed by atoms with Gasteiger partial charge in [-0.15, -0.1) is 0 Å². The van der Waals surface area contributed by atoms with E-state index >= 15 is 0 Å². The first-order chi connectivity index (χ1) is 7.24. The van der Waals surface area contributed by atoms with E-state index in [-0.39, 0.29) is 0 Å². The van der Waals surface area contributed by atoms with Crippen molar-refractivity contribution in [2.75, 3.05) is 5.73 Å². The smallest absolute Gasteiger partial charge is 0.121 e. The highest BCUT2D eigenvalue weighted by atomic mass is 16.5. The van der Waals surface area contributed by atoms with Crippen LogP contribution in [0.2, 0.25) is 0 Å². The molecule has 0 amide bonds. The molecule has 0 bridgehead atoms. The first kappa shape index (κ1) is 10.3. The van der Waals surface area contributed by atoms with E-state index in [2.05, 4.69) is 6.92 Å². The van der Waals surface area contributed by atoms with E-state index in [1.807, 2.05) is 24.3 Å². The van der Waals surface area contributed by atoms with Crippen LogP contribution in [0.1, 0.15) is 32.6 Å². The van der Waals surface area contributed by atoms with E-state index in [1.54, 1.807) is 0 Å². The zero-order chi connectivity index (χ0) is 10.7. The van der Waals surface area contributed by atoms with Crippen molar-refractivity contribution in [2.45, 2.75) is 38.7 Å². The topological polar surface area (TPSA) is 35.2 Å². The largest absolute Gasteiger partial charge is 0.490 e. The molecule has 15 heavy (non-hydrogen) atoms. The zero-order valence-corrected chi connectivity index (χ0v) is 9.28. The first-order valence-corrected chi connectivity index (χ1v) is 5.76. The quantitative estimate of drug-likeness (QED) is 0.752. The number of anilines is 1. The summed E-state index contributed by atoms with van der Waals surface area (Å²) in [6, 6.07) is 7.71. The lowest BCUT2D eigenvalue weighted by atomic mass is 9.89. The van der Waals surface area contributed by atoms with Gasteiger partial charge in [0, 0.05) is 11.8 Å². The number of nitrogens with two attached hydrogens (primary N) is 1. The van der Waals surface area contributed by atoms with Gasteiger partial charge in [-0.1, -0.05) is 13.0 Å². The summed E-state index contributed by atoms with van der Waals surface area (Å²) in [5.41, 5.74) is 6.48. The molecule has 0 aromatic heterocycles. The summed E-state index contributed by atoms with van der Waals surface area (Å²) in [6.45, 7) is 2.32. The number of ether oxygens (including phenoxy) is 1. The van der Waals surface area contributed by atoms with Gasteiger partial charge < -0.3 is 10.5 Å². The van der Waals surface area contributed by atoms with Gasteiger partial charge in [0.2, 0.25) is 0 Å². The van der Waals surface area contributed by atoms with Crippen LogP contribution in [0.25, 0.3) is 0 Å². The van der Waals surface area contributed by atoms with Gasteiger partial charge in [0.1, 0.15) is 5.75 Å². The molecule has 1 aliphatic carbocycles. The van der Waals surface area contributed by atoms with E-state index in [1.165, 1.54) is 25.7 Å². The summed E-state index contributed by atoms with van der Waals surface area (Å²) < 4.78 is 5.90. The third-order valence-corrected chi connectivity index (χ3v) is 3.12. The van der Waals surface area contributed by atoms with Crippen LogP contribution in [-0.4, -0.2) is 6.10 Å². The Hall–Kier alpha value is -1.18. The number of hydrogen-bond acceptors (Lipinski definition) is 2. The summed E-state index contributed by atoms with van der Waals surface area (Å²) in [7, 11) is 0. The fourth-order valence-electron chi connectivity index (χ4n) is 2.13. The van der Waals surface area contributed by atoms with Gasteiger partial charge in [0.05, 0.1) is 6.10 Å². The number of benzene rings is 1. The first-order valence-electron chi connectivity index (χ1n) is 5.76. The molecule has 0 radical (unpaired) electrons. The van der Waals surface area contributed by atoms with E-state index in [0.717, 1.165) is 17.4 Å². The van der Waals surface area contributed by atoms with Crippen LogP contribution in [0.15, 0.2) is 24.3 Å². The molecule has 0 aliphatic heterocycles. The van der Waals surface area contributed by atoms with Crippen molar-refractivity contribution in [3.8, 4) is 5.75 Å². The van der Waals surface area contributed by atoms with Crippen molar-refractivity contribution < 1.29 is 4.74 Å². The highest BCUT2D eigenvalue weighted by molar-refractivity contribution is 5.43. The molecule has 2 heteroatoms. The van der Waals surface area contributed by atoms with Crippen LogP contribution in [0.4, 0.5) is 5.69 Å². The number of hydrogen-bond donors (Lipinski definition) is 1. The molecule has 1 aromatic carbocycles. The summed E-state index contributed by atoms with van der Waals surface area (Å²) >= 11 is 0. The lowest BCUT2D eigenvalue weighted by molar-refractivity contribution is 0.135. The third kappa shape index (κ3) is 2.88. The molecule has 0 saturated heterocycles. The monoisotopic (exact) mass is 205 g/mol. The molecule has 1 saturated carbocycles. The molecular formula is C13H19NO. The van der Waals surface area contributed by atoms with Crippen molar-refractivity contribution in [3.63, 3.8) is 0 Å². The van der Waals surface area contributed by atoms with E-state index in [4.69, 9.17) is 10.5 Å². The molecule has 1 aromatic rings. The average Bonchev–Trinajstić information content (AvgIpc) is 2.22. The van der Waals surface area contributed by atoms with Crippen LogP contribution >= 0.6 is 0 Å². The molecule has 1 aliphatic rings. The van der Waals surface area contributed by atoms with Gasteiger partial charge in [-0.05, 0) is 43.7 Å². The zero-order valence-electron chi connectivity index (χ0n) is 9.28. The standard InChI is InChI=1S/C13H19NO/c1-10-5-7-12(8-6-10)15-13-4-2-3-11(14)9-13/h2-4,9-10,12H,5-8,14H2,1H3. The van der Waals surface area contributed by atoms with Crippen LogP contribution in [-0.2, 0) is 0 Å². The Morgan fingerprint density at radius 2 is 1.93 bits per heavy atom. The summed E-state index contributed by atoms with van der Waals surface area (Å²) in [5.74, 6) is 1.78. The number of rotatable bonds is 2. The Morgan fingerprint density at radius 3 is 2.60 bits per heavy atom. The molecular weight excluding hydrogens is 186 g/mol. The van der Waals surface area contributed by atoms with Gasteiger partial charge in [-0.3, -0.25) is 0 Å². The van der Waals surface area contributed by atoms with Crippen molar-refractivity contribution in [1.29, 1.82) is 0 Å². The fraction of sp³-hybridized carbons (Fsp3) is 0.538. The Morgan fingerprint density at radius 1 is 1.20 bits per heavy atom. The highest BCUT2D eigenvalue weighted by Crippen LogP contribution is 2.27. The molecule has 0 atom stereocenters. The van der Waals surface area contributed by atoms with Crippen molar-refractivity contribution >= 4 is 5.69 Å². The maximum absolute atomic E-state index is 5.90. The van der Waals surface area contributed by atoms with Gasteiger partial charge in [0.25, 0.3) is 0 Å². The van der Waals surface area contributed by atoms with Crippen LogP contribution in [0.5, 0.6) is 5.75 Å². The minimum absolute atomic E-state index is 0.392. The average molecular weight is 205 g/mol. The Kier molecular flexibility index (Phi) is 3.14. The normalized spacial score (nSPS) is 26.2. The molecule has 0 spiro atoms. The van der Waals surface area contributed by atoms with E-state index in [9.17, 15) is 0 Å². The Bertz CT molecular complexity index is 316. The predicted octanol–water partition coefficient (Wildman–Crippen LogP) is 3.23. The summed E-state index contributed by atoms with van der Waals surface area (Å²) in [4.78, 5) is 0. The van der Waals surface area contributed by atoms with Crippen molar-refractivity contribution in [3.05, 3.63) is 24.3 Å². The Balaban J connectivity index is 1.92. The lowest BCUT2D eigenvalue weighted by Gasteiger charge is -2.26. The third-order valence-electron chi connectivity index (χ3n) is 3.12. The van der Waals surface area contributed by atoms with Crippen LogP contribution in [0.3, 0.4) is 0 Å². The predicted molar refractivity (Wildman–Crippen MR) is 62.9 cm³/mol. The van der Waals surface area contributed by atoms with Gasteiger partial charge >= 0.3 is 0 Å². The van der Waals surface area contributed by atoms with Gasteiger partial charge in [-0.2, -0.15) is 0 Å². The summed E-state index contributed by atoms with van der Waals surface area (Å²) in [5, 5.41) is 0. The van der Waals surface area contributed by atoms with Crippen molar-refractivity contribution in [2.24, 2.45) is 5.92 Å². The van der Waals surface area contributed by atoms with Crippen LogP contribution < -0.4 is 10.5 Å². The lowest BCUT2D eigenvalue weighted by Crippen LogP contribution is -2.23. The second-order valence-electron chi connectivity index (χ2n) is 4.57. The van der Waals surface area contributed by atoms with E-state index < -0.39 is 0 Å². The van der Waals surface area contributed by atoms with E-state index in [0.29, 0.717) is 6.10 Å². The van der Waals surface area contributed by atoms with Gasteiger partial charge in [-0.25, -0.2) is 0 Å². The maximum atomic E-state index is 5.90. The molecule has 2 rings (SSSR count). The minimum Gasteiger partial charge on any atom is -0.490 e. The SMILES string of the molecule is CC1CCC(Oc2cccc(N)c2)CC1. The molecule has 1 fully saturated rings. The maximum Gasteiger partial charge on any atom is 0.121 e. The second-order valence-corrected chi connectivity index (χ2v) is 4.57. The fourth-order valence-corrected chi connectivity index (χ4v) is 2.13.